The van der Waals surface area contributed by atoms with Crippen LogP contribution >= 0.6 is 0 Å². The van der Waals surface area contributed by atoms with E-state index in [2.05, 4.69) is 47.6 Å². The van der Waals surface area contributed by atoms with Crippen molar-refractivity contribution in [1.82, 2.24) is 15.0 Å². The maximum Gasteiger partial charge on any atom is 0.185 e. The molecule has 0 amide bonds. The Kier molecular flexibility index (Phi) is 3.73. The van der Waals surface area contributed by atoms with Crippen molar-refractivity contribution < 1.29 is 0 Å². The zero-order chi connectivity index (χ0) is 13.0. The molecule has 0 spiro atoms. The summed E-state index contributed by atoms with van der Waals surface area (Å²) in [5.41, 5.74) is 3.91. The first-order valence-electron chi connectivity index (χ1n) is 6.12. The molecule has 0 unspecified atom stereocenters. The van der Waals surface area contributed by atoms with Crippen molar-refractivity contribution >= 4 is 0 Å². The van der Waals surface area contributed by atoms with E-state index in [1.807, 2.05) is 6.92 Å². The first kappa shape index (κ1) is 12.3. The van der Waals surface area contributed by atoms with Gasteiger partial charge >= 0.3 is 0 Å². The second-order valence-corrected chi connectivity index (χ2v) is 4.30. The quantitative estimate of drug-likeness (QED) is 0.823. The highest BCUT2D eigenvalue weighted by atomic mass is 15.4. The van der Waals surface area contributed by atoms with E-state index in [-0.39, 0.29) is 0 Å². The fourth-order valence-electron chi connectivity index (χ4n) is 1.94. The zero-order valence-corrected chi connectivity index (χ0v) is 10.7. The lowest BCUT2D eigenvalue weighted by Gasteiger charge is -2.04. The molecule has 1 aromatic carbocycles. The minimum Gasteiger partial charge on any atom is -0.248 e. The molecule has 0 aliphatic rings. The van der Waals surface area contributed by atoms with Crippen LogP contribution in [0.25, 0.3) is 0 Å². The van der Waals surface area contributed by atoms with Gasteiger partial charge in [0.1, 0.15) is 6.07 Å². The first-order chi connectivity index (χ1) is 8.74. The van der Waals surface area contributed by atoms with Crippen molar-refractivity contribution in [3.8, 4) is 6.07 Å². The highest BCUT2D eigenvalue weighted by molar-refractivity contribution is 5.27. The largest absolute Gasteiger partial charge is 0.248 e. The molecule has 4 heteroatoms. The summed E-state index contributed by atoms with van der Waals surface area (Å²) in [5.74, 6) is 0. The molecule has 0 N–H and O–H groups in total. The van der Waals surface area contributed by atoms with E-state index in [1.165, 1.54) is 11.1 Å². The summed E-state index contributed by atoms with van der Waals surface area (Å²) in [7, 11) is 0. The first-order valence-corrected chi connectivity index (χ1v) is 6.12. The lowest BCUT2D eigenvalue weighted by atomic mass is 10.1. The molecule has 0 saturated heterocycles. The number of rotatable bonds is 4. The van der Waals surface area contributed by atoms with Crippen molar-refractivity contribution in [1.29, 1.82) is 5.26 Å². The highest BCUT2D eigenvalue weighted by Gasteiger charge is 2.11. The highest BCUT2D eigenvalue weighted by Crippen LogP contribution is 2.11. The monoisotopic (exact) mass is 240 g/mol. The Balaban J connectivity index is 2.12. The third-order valence-electron chi connectivity index (χ3n) is 3.01. The van der Waals surface area contributed by atoms with Gasteiger partial charge in [-0.1, -0.05) is 35.0 Å². The van der Waals surface area contributed by atoms with Crippen LogP contribution in [-0.2, 0) is 19.4 Å². The lowest BCUT2D eigenvalue weighted by molar-refractivity contribution is 0.595. The Labute approximate surface area is 107 Å². The molecule has 4 nitrogen and oxygen atoms in total. The number of nitriles is 1. The third kappa shape index (κ3) is 2.57. The Morgan fingerprint density at radius 1 is 1.22 bits per heavy atom. The predicted octanol–water partition coefficient (Wildman–Crippen LogP) is 2.26. The molecule has 0 fully saturated rings. The minimum atomic E-state index is 0.448. The molecule has 0 radical (unpaired) electrons. The third-order valence-corrected chi connectivity index (χ3v) is 3.01. The van der Waals surface area contributed by atoms with E-state index in [9.17, 15) is 0 Å². The van der Waals surface area contributed by atoms with Crippen molar-refractivity contribution in [2.45, 2.75) is 33.2 Å². The summed E-state index contributed by atoms with van der Waals surface area (Å²) in [6, 6.07) is 10.6. The normalized spacial score (nSPS) is 10.3. The number of benzene rings is 1. The van der Waals surface area contributed by atoms with Gasteiger partial charge in [-0.2, -0.15) is 5.26 Å². The lowest BCUT2D eigenvalue weighted by Crippen LogP contribution is -2.05. The van der Waals surface area contributed by atoms with Crippen molar-refractivity contribution in [3.05, 3.63) is 46.8 Å². The van der Waals surface area contributed by atoms with Gasteiger partial charge < -0.3 is 0 Å². The van der Waals surface area contributed by atoms with E-state index in [0.717, 1.165) is 25.1 Å². The fraction of sp³-hybridized carbons (Fsp3) is 0.357. The predicted molar refractivity (Wildman–Crippen MR) is 69.0 cm³/mol. The summed E-state index contributed by atoms with van der Waals surface area (Å²) in [6.45, 7) is 4.83. The summed E-state index contributed by atoms with van der Waals surface area (Å²) in [5, 5.41) is 16.9. The van der Waals surface area contributed by atoms with Crippen LogP contribution < -0.4 is 0 Å². The maximum atomic E-state index is 9.00. The van der Waals surface area contributed by atoms with E-state index < -0.39 is 0 Å². The van der Waals surface area contributed by atoms with Gasteiger partial charge in [-0.3, -0.25) is 0 Å². The number of aryl methyl sites for hydroxylation is 3. The number of nitrogens with zero attached hydrogens (tertiary/aromatic N) is 4. The number of aromatic nitrogens is 3. The molecule has 0 aliphatic carbocycles. The second-order valence-electron chi connectivity index (χ2n) is 4.30. The van der Waals surface area contributed by atoms with Gasteiger partial charge in [-0.15, -0.1) is 5.10 Å². The van der Waals surface area contributed by atoms with Gasteiger partial charge in [-0.05, 0) is 32.3 Å². The second kappa shape index (κ2) is 5.46. The van der Waals surface area contributed by atoms with Crippen LogP contribution in [0.15, 0.2) is 24.3 Å². The maximum absolute atomic E-state index is 9.00. The number of hydrogen-bond acceptors (Lipinski definition) is 3. The molecule has 0 atom stereocenters. The van der Waals surface area contributed by atoms with Gasteiger partial charge in [-0.25, -0.2) is 4.68 Å². The van der Waals surface area contributed by atoms with Crippen molar-refractivity contribution in [2.75, 3.05) is 0 Å². The summed E-state index contributed by atoms with van der Waals surface area (Å²) in [4.78, 5) is 0. The van der Waals surface area contributed by atoms with Crippen molar-refractivity contribution in [2.24, 2.45) is 0 Å². The average Bonchev–Trinajstić information content (AvgIpc) is 2.80. The smallest absolute Gasteiger partial charge is 0.185 e. The van der Waals surface area contributed by atoms with Crippen LogP contribution in [0.1, 0.15) is 29.4 Å². The van der Waals surface area contributed by atoms with E-state index in [1.54, 1.807) is 4.68 Å². The Hall–Kier alpha value is -2.15. The molecule has 92 valence electrons. The summed E-state index contributed by atoms with van der Waals surface area (Å²) in [6.07, 6.45) is 1.70. The topological polar surface area (TPSA) is 54.5 Å². The molecule has 1 aromatic heterocycles. The molecule has 2 aromatic rings. The summed E-state index contributed by atoms with van der Waals surface area (Å²) < 4.78 is 1.80. The van der Waals surface area contributed by atoms with Crippen LogP contribution in [0.5, 0.6) is 0 Å². The average molecular weight is 240 g/mol. The molecule has 1 heterocycles. The van der Waals surface area contributed by atoms with E-state index in [0.29, 0.717) is 5.69 Å². The molecular weight excluding hydrogens is 224 g/mol. The molecule has 18 heavy (non-hydrogen) atoms. The fourth-order valence-corrected chi connectivity index (χ4v) is 1.94. The molecule has 2 rings (SSSR count). The zero-order valence-electron chi connectivity index (χ0n) is 10.7. The van der Waals surface area contributed by atoms with Gasteiger partial charge in [0.15, 0.2) is 5.69 Å². The minimum absolute atomic E-state index is 0.448. The van der Waals surface area contributed by atoms with Crippen LogP contribution in [0.2, 0.25) is 0 Å². The van der Waals surface area contributed by atoms with Gasteiger partial charge in [0.05, 0.1) is 5.69 Å². The number of hydrogen-bond donors (Lipinski definition) is 0. The van der Waals surface area contributed by atoms with Crippen molar-refractivity contribution in [3.63, 3.8) is 0 Å². The van der Waals surface area contributed by atoms with Crippen LogP contribution in [-0.4, -0.2) is 15.0 Å². The molecule has 0 aliphatic heterocycles. The van der Waals surface area contributed by atoms with Crippen LogP contribution in [0.3, 0.4) is 0 Å². The van der Waals surface area contributed by atoms with Gasteiger partial charge in [0.2, 0.25) is 0 Å². The Bertz CT molecular complexity index is 560. The van der Waals surface area contributed by atoms with E-state index in [4.69, 9.17) is 5.26 Å². The molecule has 0 bridgehead atoms. The van der Waals surface area contributed by atoms with Gasteiger partial charge in [0.25, 0.3) is 0 Å². The van der Waals surface area contributed by atoms with Gasteiger partial charge in [0, 0.05) is 6.54 Å². The molecular formula is C14H16N4. The summed E-state index contributed by atoms with van der Waals surface area (Å²) >= 11 is 0. The standard InChI is InChI=1S/C14H16N4/c1-3-18-14(13(10-15)16-17-18)9-8-12-6-4-11(2)5-7-12/h4-7H,3,8-9H2,1-2H3. The Morgan fingerprint density at radius 2 is 1.94 bits per heavy atom. The van der Waals surface area contributed by atoms with E-state index >= 15 is 0 Å². The molecule has 0 saturated carbocycles. The SMILES string of the molecule is CCn1nnc(C#N)c1CCc1ccc(C)cc1. The van der Waals surface area contributed by atoms with Crippen LogP contribution in [0.4, 0.5) is 0 Å². The van der Waals surface area contributed by atoms with Crippen LogP contribution in [0, 0.1) is 18.3 Å². The Morgan fingerprint density at radius 3 is 2.56 bits per heavy atom.